The summed E-state index contributed by atoms with van der Waals surface area (Å²) in [5.74, 6) is 1.24. The molecule has 55 heavy (non-hydrogen) atoms. The molecule has 2 amide bonds. The molecule has 1 aliphatic heterocycles. The topological polar surface area (TPSA) is 113 Å². The highest BCUT2D eigenvalue weighted by atomic mass is 16.6. The number of carboxylic acids is 1. The van der Waals surface area contributed by atoms with Gasteiger partial charge in [0.2, 0.25) is 5.91 Å². The van der Waals surface area contributed by atoms with Gasteiger partial charge in [-0.25, -0.2) is 4.79 Å². The maximum Gasteiger partial charge on any atom is 0.410 e. The molecule has 9 heteroatoms. The van der Waals surface area contributed by atoms with E-state index in [2.05, 4.69) is 48.1 Å². The van der Waals surface area contributed by atoms with Crippen molar-refractivity contribution in [2.24, 2.45) is 62.1 Å². The first-order chi connectivity index (χ1) is 25.3. The molecule has 5 aliphatic carbocycles. The summed E-state index contributed by atoms with van der Waals surface area (Å²) in [5, 5.41) is 9.63. The van der Waals surface area contributed by atoms with Gasteiger partial charge < -0.3 is 24.4 Å². The van der Waals surface area contributed by atoms with Crippen LogP contribution in [0.2, 0.25) is 0 Å². The smallest absolute Gasteiger partial charge is 0.410 e. The molecule has 0 radical (unpaired) electrons. The zero-order chi connectivity index (χ0) is 40.7. The van der Waals surface area contributed by atoms with Crippen LogP contribution in [0.25, 0.3) is 0 Å². The fourth-order valence-electron chi connectivity index (χ4n) is 14.3. The standard InChI is InChI=1S/C46H74N2O7/c1-29(2)30-15-20-46(27-35(49)47-23-25-48(26-24-47)39(53)55-40(3,4)5)22-21-44(11)31(37(30)46)13-14-33-43(10)18-17-34(54-36(50)28-41(6,7)38(51)52)42(8,9)32(43)16-19-45(33,44)12/h30-34,37H,1,13-28H2,2-12H3,(H,51,52)/t30-,31+,32-,33+,34-,37+,43-,44+,45+,46+/m0/s1. The van der Waals surface area contributed by atoms with E-state index in [0.29, 0.717) is 62.2 Å². The second-order valence-corrected chi connectivity index (χ2v) is 22.3. The maximum atomic E-state index is 14.3. The number of piperazine rings is 1. The fourth-order valence-corrected chi connectivity index (χ4v) is 14.3. The first-order valence-electron chi connectivity index (χ1n) is 21.7. The van der Waals surface area contributed by atoms with E-state index in [4.69, 9.17) is 9.47 Å². The summed E-state index contributed by atoms with van der Waals surface area (Å²) < 4.78 is 11.8. The van der Waals surface area contributed by atoms with E-state index in [1.54, 1.807) is 18.7 Å². The van der Waals surface area contributed by atoms with Gasteiger partial charge in [0.15, 0.2) is 0 Å². The number of carbonyl (C=O) groups is 4. The van der Waals surface area contributed by atoms with Gasteiger partial charge >= 0.3 is 18.0 Å². The van der Waals surface area contributed by atoms with Crippen LogP contribution < -0.4 is 0 Å². The van der Waals surface area contributed by atoms with Crippen molar-refractivity contribution >= 4 is 23.9 Å². The second-order valence-electron chi connectivity index (χ2n) is 22.3. The van der Waals surface area contributed by atoms with Crippen LogP contribution in [-0.4, -0.2) is 76.7 Å². The van der Waals surface area contributed by atoms with Crippen LogP contribution in [0.4, 0.5) is 4.79 Å². The molecule has 0 aromatic heterocycles. The predicted molar refractivity (Wildman–Crippen MR) is 214 cm³/mol. The van der Waals surface area contributed by atoms with E-state index in [9.17, 15) is 24.3 Å². The van der Waals surface area contributed by atoms with Crippen molar-refractivity contribution in [2.75, 3.05) is 26.2 Å². The molecule has 0 unspecified atom stereocenters. The number of amides is 2. The summed E-state index contributed by atoms with van der Waals surface area (Å²) in [6, 6.07) is 0. The number of nitrogens with zero attached hydrogens (tertiary/aromatic N) is 2. The molecular weight excluding hydrogens is 693 g/mol. The molecule has 1 saturated heterocycles. The predicted octanol–water partition coefficient (Wildman–Crippen LogP) is 9.53. The van der Waals surface area contributed by atoms with Crippen LogP contribution in [0, 0.1) is 62.1 Å². The summed E-state index contributed by atoms with van der Waals surface area (Å²) in [4.78, 5) is 55.7. The average molecular weight is 767 g/mol. The number of ether oxygens (including phenoxy) is 2. The van der Waals surface area contributed by atoms with E-state index in [-0.39, 0.29) is 51.6 Å². The van der Waals surface area contributed by atoms with Crippen LogP contribution in [0.3, 0.4) is 0 Å². The lowest BCUT2D eigenvalue weighted by molar-refractivity contribution is -0.250. The van der Waals surface area contributed by atoms with Gasteiger partial charge in [0.1, 0.15) is 11.7 Å². The molecule has 0 aromatic rings. The van der Waals surface area contributed by atoms with Crippen LogP contribution >= 0.6 is 0 Å². The van der Waals surface area contributed by atoms with Gasteiger partial charge in [-0.1, -0.05) is 46.8 Å². The molecule has 310 valence electrons. The van der Waals surface area contributed by atoms with E-state index >= 15 is 0 Å². The lowest BCUT2D eigenvalue weighted by Crippen LogP contribution is -2.67. The Bertz CT molecular complexity index is 1550. The summed E-state index contributed by atoms with van der Waals surface area (Å²) in [5.41, 5.74) is -0.238. The Morgan fingerprint density at radius 2 is 1.40 bits per heavy atom. The molecular formula is C46H74N2O7. The lowest BCUT2D eigenvalue weighted by atomic mass is 9.32. The first-order valence-corrected chi connectivity index (χ1v) is 21.7. The number of hydrogen-bond donors (Lipinski definition) is 1. The maximum absolute atomic E-state index is 14.3. The zero-order valence-corrected chi connectivity index (χ0v) is 36.3. The van der Waals surface area contributed by atoms with Crippen LogP contribution in [-0.2, 0) is 23.9 Å². The van der Waals surface area contributed by atoms with Gasteiger partial charge in [0, 0.05) is 38.0 Å². The molecule has 6 rings (SSSR count). The first kappa shape index (κ1) is 42.0. The van der Waals surface area contributed by atoms with Crippen molar-refractivity contribution in [3.05, 3.63) is 12.2 Å². The molecule has 6 aliphatic rings. The van der Waals surface area contributed by atoms with Gasteiger partial charge in [-0.05, 0) is 157 Å². The molecule has 0 spiro atoms. The van der Waals surface area contributed by atoms with Crippen molar-refractivity contribution in [2.45, 2.75) is 165 Å². The van der Waals surface area contributed by atoms with Crippen LogP contribution in [0.5, 0.6) is 0 Å². The van der Waals surface area contributed by atoms with Gasteiger partial charge in [-0.2, -0.15) is 0 Å². The van der Waals surface area contributed by atoms with Crippen molar-refractivity contribution in [3.63, 3.8) is 0 Å². The van der Waals surface area contributed by atoms with Crippen molar-refractivity contribution in [1.82, 2.24) is 9.80 Å². The minimum absolute atomic E-state index is 0.0173. The zero-order valence-electron chi connectivity index (χ0n) is 36.3. The quantitative estimate of drug-likeness (QED) is 0.203. The highest BCUT2D eigenvalue weighted by Crippen LogP contribution is 2.78. The third kappa shape index (κ3) is 7.05. The summed E-state index contributed by atoms with van der Waals surface area (Å²) in [7, 11) is 0. The number of carboxylic acid groups (broad SMARTS) is 1. The number of esters is 1. The van der Waals surface area contributed by atoms with E-state index in [1.165, 1.54) is 18.4 Å². The summed E-state index contributed by atoms with van der Waals surface area (Å²) in [6.45, 7) is 30.2. The molecule has 10 atom stereocenters. The van der Waals surface area contributed by atoms with Crippen LogP contribution in [0.15, 0.2) is 12.2 Å². The number of allylic oxidation sites excluding steroid dienone is 1. The van der Waals surface area contributed by atoms with E-state index in [0.717, 1.165) is 51.4 Å². The number of aliphatic carboxylic acids is 1. The van der Waals surface area contributed by atoms with E-state index in [1.807, 2.05) is 25.7 Å². The second kappa shape index (κ2) is 14.1. The van der Waals surface area contributed by atoms with Crippen LogP contribution in [0.1, 0.15) is 153 Å². The van der Waals surface area contributed by atoms with Gasteiger partial charge in [0.25, 0.3) is 0 Å². The Kier molecular flexibility index (Phi) is 10.7. The number of hydrogen-bond acceptors (Lipinski definition) is 6. The number of fused-ring (bicyclic) bond motifs is 7. The Hall–Kier alpha value is -2.58. The van der Waals surface area contributed by atoms with Gasteiger partial charge in [-0.3, -0.25) is 14.4 Å². The lowest BCUT2D eigenvalue weighted by Gasteiger charge is -2.73. The van der Waals surface area contributed by atoms with E-state index < -0.39 is 23.0 Å². The normalized spacial score (nSPS) is 39.8. The Morgan fingerprint density at radius 3 is 2.00 bits per heavy atom. The Labute approximate surface area is 332 Å². The Balaban J connectivity index is 1.19. The molecule has 0 aromatic carbocycles. The molecule has 9 nitrogen and oxygen atoms in total. The highest BCUT2D eigenvalue weighted by Gasteiger charge is 2.71. The van der Waals surface area contributed by atoms with Gasteiger partial charge in [0.05, 0.1) is 11.8 Å². The van der Waals surface area contributed by atoms with Crippen molar-refractivity contribution in [3.8, 4) is 0 Å². The number of rotatable bonds is 7. The monoisotopic (exact) mass is 767 g/mol. The average Bonchev–Trinajstić information content (AvgIpc) is 3.45. The SMILES string of the molecule is C=C(C)[C@@H]1CC[C@]2(CC(=O)N3CCN(C(=O)OC(C)(C)C)CC3)CC[C@]3(C)[C@H](CC[C@@H]4[C@@]5(C)CC[C@H](OC(=O)CC(C)(C)C(=O)O)C(C)(C)[C@@H]5CC[C@]43C)[C@@H]12. The third-order valence-corrected chi connectivity index (χ3v) is 17.4. The van der Waals surface area contributed by atoms with Crippen molar-refractivity contribution < 1.29 is 33.8 Å². The minimum atomic E-state index is -1.16. The molecule has 0 bridgehead atoms. The third-order valence-electron chi connectivity index (χ3n) is 17.4. The fraction of sp³-hybridized carbons (Fsp3) is 0.870. The van der Waals surface area contributed by atoms with Crippen molar-refractivity contribution in [1.29, 1.82) is 0 Å². The summed E-state index contributed by atoms with van der Waals surface area (Å²) >= 11 is 0. The molecule has 6 fully saturated rings. The highest BCUT2D eigenvalue weighted by molar-refractivity contribution is 5.81. The molecule has 1 N–H and O–H groups in total. The van der Waals surface area contributed by atoms with Gasteiger partial charge in [-0.15, -0.1) is 0 Å². The minimum Gasteiger partial charge on any atom is -0.481 e. The molecule has 5 saturated carbocycles. The molecule has 1 heterocycles. The summed E-state index contributed by atoms with van der Waals surface area (Å²) in [6.07, 6.45) is 10.8. The number of carbonyl (C=O) groups excluding carboxylic acids is 3. The Morgan fingerprint density at radius 1 is 0.764 bits per heavy atom. The largest absolute Gasteiger partial charge is 0.481 e.